The Morgan fingerprint density at radius 2 is 2.26 bits per heavy atom. The van der Waals surface area contributed by atoms with Crippen LogP contribution in [0.4, 0.5) is 5.69 Å². The first kappa shape index (κ1) is 19.8. The summed E-state index contributed by atoms with van der Waals surface area (Å²) in [4.78, 5) is 14.6. The number of amides is 1. The minimum absolute atomic E-state index is 0. The fourth-order valence-corrected chi connectivity index (χ4v) is 3.12. The number of benzene rings is 1. The Balaban J connectivity index is 0.00000264. The van der Waals surface area contributed by atoms with E-state index in [4.69, 9.17) is 22.1 Å². The van der Waals surface area contributed by atoms with E-state index in [1.807, 2.05) is 6.92 Å². The summed E-state index contributed by atoms with van der Waals surface area (Å²) in [6.07, 6.45) is 0.723. The predicted octanol–water partition coefficient (Wildman–Crippen LogP) is 1.54. The molecule has 8 heteroatoms. The van der Waals surface area contributed by atoms with Crippen LogP contribution in [0.1, 0.15) is 23.7 Å². The van der Waals surface area contributed by atoms with Gasteiger partial charge in [0, 0.05) is 18.6 Å². The number of aliphatic hydroxyl groups excluding tert-OH is 1. The van der Waals surface area contributed by atoms with Gasteiger partial charge in [0.2, 0.25) is 0 Å². The van der Waals surface area contributed by atoms with Crippen LogP contribution in [0, 0.1) is 0 Å². The highest BCUT2D eigenvalue weighted by Crippen LogP contribution is 2.33. The Morgan fingerprint density at radius 3 is 2.78 bits per heavy atom. The molecule has 130 valence electrons. The first-order valence-corrected chi connectivity index (χ1v) is 7.67. The molecule has 4 N–H and O–H groups in total. The van der Waals surface area contributed by atoms with Gasteiger partial charge in [0.1, 0.15) is 5.02 Å². The third kappa shape index (κ3) is 4.20. The van der Waals surface area contributed by atoms with Gasteiger partial charge in [0.15, 0.2) is 5.75 Å². The van der Waals surface area contributed by atoms with E-state index in [-0.39, 0.29) is 47.8 Å². The van der Waals surface area contributed by atoms with E-state index in [0.29, 0.717) is 11.3 Å². The molecule has 0 bridgehead atoms. The molecule has 2 unspecified atom stereocenters. The standard InChI is InChI=1S/C15H22ClN3O3.ClH/c1-3-19-7-9(6-10(19)8-20)18-15(21)11-4-5-12(17)13(16)14(11)22-2;/h4-5,9-10,20H,3,6-8,17H2,1-2H3,(H,18,21);1H. The maximum Gasteiger partial charge on any atom is 0.255 e. The second kappa shape index (κ2) is 8.59. The van der Waals surface area contributed by atoms with E-state index in [1.165, 1.54) is 7.11 Å². The molecule has 1 aromatic carbocycles. The Hall–Kier alpha value is -1.21. The number of nitrogens with two attached hydrogens (primary N) is 1. The van der Waals surface area contributed by atoms with Gasteiger partial charge >= 0.3 is 0 Å². The quantitative estimate of drug-likeness (QED) is 0.690. The summed E-state index contributed by atoms with van der Waals surface area (Å²) in [5.41, 5.74) is 6.45. The van der Waals surface area contributed by atoms with Gasteiger partial charge in [0.05, 0.1) is 25.0 Å². The number of carbonyl (C=O) groups is 1. The van der Waals surface area contributed by atoms with Gasteiger partial charge in [-0.15, -0.1) is 12.4 Å². The van der Waals surface area contributed by atoms with Crippen LogP contribution in [0.5, 0.6) is 5.75 Å². The number of methoxy groups -OCH3 is 1. The minimum Gasteiger partial charge on any atom is -0.494 e. The Kier molecular flexibility index (Phi) is 7.41. The van der Waals surface area contributed by atoms with Crippen molar-refractivity contribution in [2.24, 2.45) is 0 Å². The molecule has 1 heterocycles. The lowest BCUT2D eigenvalue weighted by atomic mass is 10.1. The number of nitrogen functional groups attached to an aromatic ring is 1. The van der Waals surface area contributed by atoms with Gasteiger partial charge in [-0.3, -0.25) is 9.69 Å². The van der Waals surface area contributed by atoms with Crippen LogP contribution in [0.2, 0.25) is 5.02 Å². The highest BCUT2D eigenvalue weighted by Gasteiger charge is 2.32. The molecular weight excluding hydrogens is 341 g/mol. The van der Waals surface area contributed by atoms with E-state index >= 15 is 0 Å². The number of likely N-dealkylation sites (tertiary alicyclic amines) is 1. The van der Waals surface area contributed by atoms with Crippen LogP contribution < -0.4 is 15.8 Å². The lowest BCUT2D eigenvalue weighted by molar-refractivity contribution is 0.0935. The number of nitrogens with zero attached hydrogens (tertiary/aromatic N) is 1. The summed E-state index contributed by atoms with van der Waals surface area (Å²) in [7, 11) is 1.45. The zero-order chi connectivity index (χ0) is 16.3. The molecule has 0 aromatic heterocycles. The Bertz CT molecular complexity index is 545. The number of nitrogens with one attached hydrogen (secondary N) is 1. The number of anilines is 1. The van der Waals surface area contributed by atoms with Gasteiger partial charge in [0.25, 0.3) is 5.91 Å². The monoisotopic (exact) mass is 363 g/mol. The molecule has 0 radical (unpaired) electrons. The molecule has 1 aliphatic heterocycles. The summed E-state index contributed by atoms with van der Waals surface area (Å²) in [5, 5.41) is 12.6. The molecule has 6 nitrogen and oxygen atoms in total. The van der Waals surface area contributed by atoms with E-state index < -0.39 is 0 Å². The van der Waals surface area contributed by atoms with Gasteiger partial charge in [-0.05, 0) is 25.1 Å². The van der Waals surface area contributed by atoms with Crippen LogP contribution in [0.3, 0.4) is 0 Å². The maximum absolute atomic E-state index is 12.5. The van der Waals surface area contributed by atoms with E-state index in [2.05, 4.69) is 10.2 Å². The van der Waals surface area contributed by atoms with E-state index in [9.17, 15) is 9.90 Å². The maximum atomic E-state index is 12.5. The van der Waals surface area contributed by atoms with Crippen LogP contribution in [-0.2, 0) is 0 Å². The number of aliphatic hydroxyl groups is 1. The third-order valence-corrected chi connectivity index (χ3v) is 4.45. The molecule has 1 saturated heterocycles. The molecule has 1 amide bonds. The molecular formula is C15H23Cl2N3O3. The van der Waals surface area contributed by atoms with Crippen LogP contribution in [0.15, 0.2) is 12.1 Å². The smallest absolute Gasteiger partial charge is 0.255 e. The summed E-state index contributed by atoms with van der Waals surface area (Å²) < 4.78 is 5.20. The van der Waals surface area contributed by atoms with Crippen LogP contribution in [0.25, 0.3) is 0 Å². The van der Waals surface area contributed by atoms with Crippen molar-refractivity contribution in [1.29, 1.82) is 0 Å². The van der Waals surface area contributed by atoms with Crippen molar-refractivity contribution in [2.75, 3.05) is 32.5 Å². The molecule has 0 spiro atoms. The highest BCUT2D eigenvalue weighted by atomic mass is 35.5. The Labute approximate surface area is 147 Å². The molecule has 0 aliphatic carbocycles. The number of hydrogen-bond acceptors (Lipinski definition) is 5. The highest BCUT2D eigenvalue weighted by molar-refractivity contribution is 6.35. The summed E-state index contributed by atoms with van der Waals surface area (Å²) in [6, 6.07) is 3.27. The van der Waals surface area contributed by atoms with Gasteiger partial charge in [-0.2, -0.15) is 0 Å². The second-order valence-electron chi connectivity index (χ2n) is 5.38. The number of hydrogen-bond donors (Lipinski definition) is 3. The molecule has 2 atom stereocenters. The molecule has 0 saturated carbocycles. The Morgan fingerprint density at radius 1 is 1.57 bits per heavy atom. The molecule has 23 heavy (non-hydrogen) atoms. The van der Waals surface area contributed by atoms with Crippen LogP contribution in [-0.4, -0.2) is 54.8 Å². The van der Waals surface area contributed by atoms with Crippen molar-refractivity contribution in [1.82, 2.24) is 10.2 Å². The summed E-state index contributed by atoms with van der Waals surface area (Å²) >= 11 is 6.08. The first-order chi connectivity index (χ1) is 10.5. The van der Waals surface area contributed by atoms with Crippen molar-refractivity contribution >= 4 is 35.6 Å². The number of likely N-dealkylation sites (N-methyl/N-ethyl adjacent to an activating group) is 1. The van der Waals surface area contributed by atoms with Crippen molar-refractivity contribution in [3.8, 4) is 5.75 Å². The van der Waals surface area contributed by atoms with Crippen molar-refractivity contribution < 1.29 is 14.6 Å². The number of halogens is 2. The fourth-order valence-electron chi connectivity index (χ4n) is 2.88. The van der Waals surface area contributed by atoms with Crippen molar-refractivity contribution in [2.45, 2.75) is 25.4 Å². The minimum atomic E-state index is -0.251. The van der Waals surface area contributed by atoms with Gasteiger partial charge in [-0.25, -0.2) is 0 Å². The van der Waals surface area contributed by atoms with Gasteiger partial charge < -0.3 is 20.9 Å². The zero-order valence-corrected chi connectivity index (χ0v) is 14.8. The molecule has 1 aliphatic rings. The van der Waals surface area contributed by atoms with Crippen molar-refractivity contribution in [3.05, 3.63) is 22.7 Å². The largest absolute Gasteiger partial charge is 0.494 e. The normalized spacial score (nSPS) is 20.9. The summed E-state index contributed by atoms with van der Waals surface area (Å²) in [5.74, 6) is 0.0293. The fraction of sp³-hybridized carbons (Fsp3) is 0.533. The first-order valence-electron chi connectivity index (χ1n) is 7.29. The number of carbonyl (C=O) groups excluding carboxylic acids is 1. The van der Waals surface area contributed by atoms with E-state index in [0.717, 1.165) is 19.5 Å². The van der Waals surface area contributed by atoms with Gasteiger partial charge in [-0.1, -0.05) is 18.5 Å². The SMILES string of the molecule is CCN1CC(NC(=O)c2ccc(N)c(Cl)c2OC)CC1CO.Cl. The molecule has 1 fully saturated rings. The van der Waals surface area contributed by atoms with E-state index in [1.54, 1.807) is 12.1 Å². The average molecular weight is 364 g/mol. The lowest BCUT2D eigenvalue weighted by Gasteiger charge is -2.19. The van der Waals surface area contributed by atoms with Crippen molar-refractivity contribution in [3.63, 3.8) is 0 Å². The molecule has 2 rings (SSSR count). The predicted molar refractivity (Wildman–Crippen MR) is 93.7 cm³/mol. The zero-order valence-electron chi connectivity index (χ0n) is 13.2. The second-order valence-corrected chi connectivity index (χ2v) is 5.76. The summed E-state index contributed by atoms with van der Waals surface area (Å²) in [6.45, 7) is 3.69. The van der Waals surface area contributed by atoms with Crippen LogP contribution >= 0.6 is 24.0 Å². The third-order valence-electron chi connectivity index (χ3n) is 4.06. The lowest BCUT2D eigenvalue weighted by Crippen LogP contribution is -2.37. The number of rotatable bonds is 5. The number of ether oxygens (including phenoxy) is 1. The topological polar surface area (TPSA) is 87.8 Å². The average Bonchev–Trinajstić information content (AvgIpc) is 2.91. The molecule has 1 aromatic rings.